The van der Waals surface area contributed by atoms with Crippen LogP contribution in [0.1, 0.15) is 26.7 Å². The summed E-state index contributed by atoms with van der Waals surface area (Å²) in [5.41, 5.74) is 0. The molecule has 16 heavy (non-hydrogen) atoms. The second-order valence-electron chi connectivity index (χ2n) is 3.55. The molecule has 90 valence electrons. The average molecular weight is 244 g/mol. The third-order valence-corrected chi connectivity index (χ3v) is 2.37. The fraction of sp³-hybridized carbons (Fsp3) is 0.636. The van der Waals surface area contributed by atoms with Crippen LogP contribution in [0.25, 0.3) is 0 Å². The Kier molecular flexibility index (Phi) is 5.93. The highest BCUT2D eigenvalue weighted by atomic mass is 35.5. The monoisotopic (exact) mass is 243 g/mol. The lowest BCUT2D eigenvalue weighted by atomic mass is 10.2. The predicted octanol–water partition coefficient (Wildman–Crippen LogP) is 2.69. The van der Waals surface area contributed by atoms with Crippen LogP contribution >= 0.6 is 11.6 Å². The average Bonchev–Trinajstić information content (AvgIpc) is 2.27. The molecule has 1 aromatic heterocycles. The van der Waals surface area contributed by atoms with Crippen molar-refractivity contribution in [3.8, 4) is 5.88 Å². The molecule has 0 bridgehead atoms. The van der Waals surface area contributed by atoms with Gasteiger partial charge in [-0.3, -0.25) is 0 Å². The third-order valence-electron chi connectivity index (χ3n) is 2.10. The summed E-state index contributed by atoms with van der Waals surface area (Å²) in [6.07, 6.45) is 3.53. The van der Waals surface area contributed by atoms with Gasteiger partial charge >= 0.3 is 0 Å². The van der Waals surface area contributed by atoms with Crippen molar-refractivity contribution >= 4 is 17.4 Å². The van der Waals surface area contributed by atoms with Gasteiger partial charge in [0.15, 0.2) is 0 Å². The summed E-state index contributed by atoms with van der Waals surface area (Å²) in [5, 5.41) is 3.29. The molecule has 0 amide bonds. The van der Waals surface area contributed by atoms with Crippen LogP contribution in [0.5, 0.6) is 5.88 Å². The fourth-order valence-corrected chi connectivity index (χ4v) is 1.51. The normalized spacial score (nSPS) is 12.2. The highest BCUT2D eigenvalue weighted by Crippen LogP contribution is 2.13. The summed E-state index contributed by atoms with van der Waals surface area (Å²) in [5.74, 6) is 2.09. The lowest BCUT2D eigenvalue weighted by molar-refractivity contribution is 0.326. The number of hydrogen-bond donors (Lipinski definition) is 1. The Bertz CT molecular complexity index is 309. The molecular formula is C11H18ClN3O. The Balaban J connectivity index is 2.49. The zero-order chi connectivity index (χ0) is 11.8. The molecule has 0 aliphatic rings. The molecule has 0 saturated heterocycles. The Morgan fingerprint density at radius 1 is 1.50 bits per heavy atom. The van der Waals surface area contributed by atoms with E-state index in [0.29, 0.717) is 24.4 Å². The van der Waals surface area contributed by atoms with Crippen LogP contribution < -0.4 is 10.1 Å². The molecule has 1 heterocycles. The van der Waals surface area contributed by atoms with Gasteiger partial charge in [-0.2, -0.15) is 0 Å². The van der Waals surface area contributed by atoms with Crippen molar-refractivity contribution in [3.05, 3.63) is 12.4 Å². The Labute approximate surface area is 101 Å². The van der Waals surface area contributed by atoms with E-state index in [0.717, 1.165) is 18.7 Å². The van der Waals surface area contributed by atoms with Gasteiger partial charge in [0, 0.05) is 18.0 Å². The van der Waals surface area contributed by atoms with Crippen molar-refractivity contribution in [3.63, 3.8) is 0 Å². The van der Waals surface area contributed by atoms with Gasteiger partial charge in [0.25, 0.3) is 0 Å². The summed E-state index contributed by atoms with van der Waals surface area (Å²) in [6, 6.07) is 2.16. The maximum Gasteiger partial charge on any atom is 0.218 e. The lowest BCUT2D eigenvalue weighted by Crippen LogP contribution is -2.16. The van der Waals surface area contributed by atoms with E-state index < -0.39 is 0 Å². The molecule has 0 spiro atoms. The molecule has 1 N–H and O–H groups in total. The molecule has 1 aromatic rings. The summed E-state index contributed by atoms with van der Waals surface area (Å²) >= 11 is 5.64. The van der Waals surface area contributed by atoms with Gasteiger partial charge in [-0.05, 0) is 26.7 Å². The van der Waals surface area contributed by atoms with Crippen LogP contribution in [-0.4, -0.2) is 28.5 Å². The molecule has 0 aromatic carbocycles. The van der Waals surface area contributed by atoms with Crippen LogP contribution in [0.2, 0.25) is 0 Å². The number of halogens is 1. The third kappa shape index (κ3) is 4.66. The number of aromatic nitrogens is 2. The number of hydrogen-bond acceptors (Lipinski definition) is 4. The smallest absolute Gasteiger partial charge is 0.218 e. The molecule has 0 saturated carbocycles. The highest BCUT2D eigenvalue weighted by molar-refractivity contribution is 6.17. The maximum atomic E-state index is 5.64. The summed E-state index contributed by atoms with van der Waals surface area (Å²) in [4.78, 5) is 8.14. The second-order valence-corrected chi connectivity index (χ2v) is 3.93. The van der Waals surface area contributed by atoms with Gasteiger partial charge in [0.05, 0.1) is 6.61 Å². The largest absolute Gasteiger partial charge is 0.478 e. The Morgan fingerprint density at radius 3 is 3.00 bits per heavy atom. The summed E-state index contributed by atoms with van der Waals surface area (Å²) < 4.78 is 5.30. The van der Waals surface area contributed by atoms with Crippen LogP contribution in [-0.2, 0) is 0 Å². The lowest BCUT2D eigenvalue weighted by Gasteiger charge is -2.13. The van der Waals surface area contributed by atoms with Crippen molar-refractivity contribution in [2.45, 2.75) is 32.7 Å². The molecule has 1 rings (SSSR count). The van der Waals surface area contributed by atoms with Gasteiger partial charge < -0.3 is 10.1 Å². The second kappa shape index (κ2) is 7.28. The molecule has 1 unspecified atom stereocenters. The first-order valence-corrected chi connectivity index (χ1v) is 6.07. The maximum absolute atomic E-state index is 5.64. The molecule has 1 atom stereocenters. The summed E-state index contributed by atoms with van der Waals surface area (Å²) in [6.45, 7) is 4.64. The Hall–Kier alpha value is -1.03. The highest BCUT2D eigenvalue weighted by Gasteiger charge is 2.04. The molecule has 0 aliphatic heterocycles. The van der Waals surface area contributed by atoms with E-state index in [2.05, 4.69) is 22.2 Å². The molecule has 0 radical (unpaired) electrons. The summed E-state index contributed by atoms with van der Waals surface area (Å²) in [7, 11) is 0. The van der Waals surface area contributed by atoms with Gasteiger partial charge in [-0.25, -0.2) is 9.97 Å². The van der Waals surface area contributed by atoms with Crippen molar-refractivity contribution in [2.24, 2.45) is 0 Å². The van der Waals surface area contributed by atoms with Gasteiger partial charge in [0.1, 0.15) is 12.1 Å². The van der Waals surface area contributed by atoms with E-state index in [1.807, 2.05) is 6.92 Å². The molecular weight excluding hydrogens is 226 g/mol. The fourth-order valence-electron chi connectivity index (χ4n) is 1.35. The number of alkyl halides is 1. The number of nitrogens with zero attached hydrogens (tertiary/aromatic N) is 2. The van der Waals surface area contributed by atoms with E-state index in [4.69, 9.17) is 16.3 Å². The van der Waals surface area contributed by atoms with Crippen molar-refractivity contribution in [1.29, 1.82) is 0 Å². The standard InChI is InChI=1S/C11H18ClN3O/c1-3-16-11-7-10(13-8-14-11)15-9(2)5-4-6-12/h7-9H,3-6H2,1-2H3,(H,13,14,15). The van der Waals surface area contributed by atoms with E-state index in [9.17, 15) is 0 Å². The van der Waals surface area contributed by atoms with Crippen LogP contribution in [0, 0.1) is 0 Å². The van der Waals surface area contributed by atoms with Crippen LogP contribution in [0.4, 0.5) is 5.82 Å². The SMILES string of the molecule is CCOc1cc(NC(C)CCCCl)ncn1. The quantitative estimate of drug-likeness (QED) is 0.748. The van der Waals surface area contributed by atoms with E-state index in [1.54, 1.807) is 6.07 Å². The van der Waals surface area contributed by atoms with E-state index >= 15 is 0 Å². The number of nitrogens with one attached hydrogen (secondary N) is 1. The number of rotatable bonds is 7. The number of ether oxygens (including phenoxy) is 1. The van der Waals surface area contributed by atoms with Gasteiger partial charge in [-0.1, -0.05) is 0 Å². The van der Waals surface area contributed by atoms with Gasteiger partial charge in [-0.15, -0.1) is 11.6 Å². The Morgan fingerprint density at radius 2 is 2.31 bits per heavy atom. The molecule has 0 fully saturated rings. The topological polar surface area (TPSA) is 47.0 Å². The van der Waals surface area contributed by atoms with Crippen LogP contribution in [0.3, 0.4) is 0 Å². The zero-order valence-corrected chi connectivity index (χ0v) is 10.5. The van der Waals surface area contributed by atoms with Crippen molar-refractivity contribution < 1.29 is 4.74 Å². The van der Waals surface area contributed by atoms with Crippen molar-refractivity contribution in [2.75, 3.05) is 17.8 Å². The first kappa shape index (κ1) is 13.0. The predicted molar refractivity (Wildman–Crippen MR) is 66.2 cm³/mol. The van der Waals surface area contributed by atoms with E-state index in [1.165, 1.54) is 6.33 Å². The molecule has 4 nitrogen and oxygen atoms in total. The number of anilines is 1. The van der Waals surface area contributed by atoms with Crippen molar-refractivity contribution in [1.82, 2.24) is 9.97 Å². The van der Waals surface area contributed by atoms with Gasteiger partial charge in [0.2, 0.25) is 5.88 Å². The molecule has 0 aliphatic carbocycles. The minimum absolute atomic E-state index is 0.350. The minimum Gasteiger partial charge on any atom is -0.478 e. The zero-order valence-electron chi connectivity index (χ0n) is 9.74. The van der Waals surface area contributed by atoms with Crippen LogP contribution in [0.15, 0.2) is 12.4 Å². The van der Waals surface area contributed by atoms with E-state index in [-0.39, 0.29) is 0 Å². The first-order valence-electron chi connectivity index (χ1n) is 5.53. The molecule has 5 heteroatoms. The first-order chi connectivity index (χ1) is 7.76. The minimum atomic E-state index is 0.350.